The van der Waals surface area contributed by atoms with Gasteiger partial charge >= 0.3 is 0 Å². The first-order valence-electron chi connectivity index (χ1n) is 6.96. The summed E-state index contributed by atoms with van der Waals surface area (Å²) in [5, 5.41) is 0.153. The molecule has 0 heterocycles. The zero-order valence-electron chi connectivity index (χ0n) is 13.0. The van der Waals surface area contributed by atoms with Crippen LogP contribution in [0.3, 0.4) is 0 Å². The summed E-state index contributed by atoms with van der Waals surface area (Å²) >= 11 is 6.02. The molecule has 0 saturated carbocycles. The molecule has 0 aromatic heterocycles. The molecule has 2 rings (SSSR count). The number of ether oxygens (including phenoxy) is 1. The van der Waals surface area contributed by atoms with Crippen molar-refractivity contribution >= 4 is 28.8 Å². The van der Waals surface area contributed by atoms with Gasteiger partial charge in [-0.1, -0.05) is 29.8 Å². The van der Waals surface area contributed by atoms with Gasteiger partial charge in [0.05, 0.1) is 9.77 Å². The molecule has 0 spiro atoms. The fourth-order valence-corrected chi connectivity index (χ4v) is 2.32. The molecule has 0 saturated heterocycles. The molecule has 0 aliphatic carbocycles. The first-order chi connectivity index (χ1) is 10.8. The largest absolute Gasteiger partial charge is 0.453 e. The summed E-state index contributed by atoms with van der Waals surface area (Å²) in [6, 6.07) is 11.8. The quantitative estimate of drug-likeness (QED) is 0.713. The topological polar surface area (TPSA) is 38.7 Å². The lowest BCUT2D eigenvalue weighted by Gasteiger charge is -2.13. The number of benzene rings is 2. The van der Waals surface area contributed by atoms with Crippen molar-refractivity contribution in [3.63, 3.8) is 0 Å². The lowest BCUT2D eigenvalue weighted by Crippen LogP contribution is -2.19. The van der Waals surface area contributed by atoms with E-state index in [2.05, 4.69) is 4.40 Å². The van der Waals surface area contributed by atoms with Gasteiger partial charge in [-0.3, -0.25) is 0 Å². The molecule has 2 aromatic rings. The van der Waals surface area contributed by atoms with E-state index in [1.54, 1.807) is 45.0 Å². The van der Waals surface area contributed by atoms with E-state index in [1.807, 2.05) is 6.07 Å². The smallest absolute Gasteiger partial charge is 0.182 e. The molecule has 0 aliphatic heterocycles. The highest BCUT2D eigenvalue weighted by Gasteiger charge is 2.19. The van der Waals surface area contributed by atoms with Crippen molar-refractivity contribution in [3.8, 4) is 11.5 Å². The van der Waals surface area contributed by atoms with Crippen LogP contribution in [0.2, 0.25) is 5.02 Å². The minimum Gasteiger partial charge on any atom is -0.453 e. The highest BCUT2D eigenvalue weighted by molar-refractivity contribution is 7.85. The molecule has 2 aromatic carbocycles. The first kappa shape index (κ1) is 17.6. The fourth-order valence-electron chi connectivity index (χ4n) is 1.61. The van der Waals surface area contributed by atoms with Gasteiger partial charge in [-0.05, 0) is 45.0 Å². The molecule has 0 radical (unpaired) electrons. The SMILES string of the molecule is CC(C)(C)[S@@](=O)N=Cc1ccc(Cl)c(Oc2ccccc2)c1F. The van der Waals surface area contributed by atoms with Crippen molar-refractivity contribution in [2.45, 2.75) is 25.5 Å². The lowest BCUT2D eigenvalue weighted by atomic mass is 10.2. The Labute approximate surface area is 142 Å². The zero-order chi connectivity index (χ0) is 17.0. The summed E-state index contributed by atoms with van der Waals surface area (Å²) in [4.78, 5) is 0. The minimum absolute atomic E-state index is 0.0802. The lowest BCUT2D eigenvalue weighted by molar-refractivity contribution is 0.442. The van der Waals surface area contributed by atoms with E-state index in [4.69, 9.17) is 16.3 Å². The van der Waals surface area contributed by atoms with Gasteiger partial charge in [-0.2, -0.15) is 4.40 Å². The van der Waals surface area contributed by atoms with Crippen molar-refractivity contribution in [2.75, 3.05) is 0 Å². The van der Waals surface area contributed by atoms with Gasteiger partial charge in [0, 0.05) is 11.8 Å². The molecule has 0 bridgehead atoms. The predicted molar refractivity (Wildman–Crippen MR) is 93.4 cm³/mol. The van der Waals surface area contributed by atoms with Crippen molar-refractivity contribution < 1.29 is 13.3 Å². The number of rotatable bonds is 4. The Balaban J connectivity index is 2.32. The summed E-state index contributed by atoms with van der Waals surface area (Å²) < 4.78 is 35.4. The molecule has 6 heteroatoms. The Kier molecular flexibility index (Phi) is 5.55. The van der Waals surface area contributed by atoms with Crippen molar-refractivity contribution in [3.05, 3.63) is 58.9 Å². The van der Waals surface area contributed by atoms with E-state index in [0.29, 0.717) is 5.75 Å². The third kappa shape index (κ3) is 4.62. The minimum atomic E-state index is -1.47. The van der Waals surface area contributed by atoms with Crippen molar-refractivity contribution in [1.82, 2.24) is 0 Å². The molecule has 0 unspecified atom stereocenters. The Bertz CT molecular complexity index is 742. The Hall–Kier alpha value is -1.72. The van der Waals surface area contributed by atoms with Crippen LogP contribution in [-0.2, 0) is 11.0 Å². The third-order valence-corrected chi connectivity index (χ3v) is 4.50. The molecule has 122 valence electrons. The normalized spacial score (nSPS) is 13.3. The van der Waals surface area contributed by atoms with E-state index >= 15 is 0 Å². The summed E-state index contributed by atoms with van der Waals surface area (Å²) in [5.41, 5.74) is 0.165. The number of halogens is 2. The van der Waals surface area contributed by atoms with Gasteiger partial charge in [0.25, 0.3) is 0 Å². The Morgan fingerprint density at radius 1 is 1.17 bits per heavy atom. The fraction of sp³-hybridized carbons (Fsp3) is 0.235. The van der Waals surface area contributed by atoms with Crippen molar-refractivity contribution in [1.29, 1.82) is 0 Å². The van der Waals surface area contributed by atoms with Crippen LogP contribution >= 0.6 is 11.6 Å². The molecular formula is C17H17ClFNO2S. The predicted octanol–water partition coefficient (Wildman–Crippen LogP) is 5.15. The molecule has 1 atom stereocenters. The summed E-state index contributed by atoms with van der Waals surface area (Å²) in [5.74, 6) is -0.250. The van der Waals surface area contributed by atoms with Crippen molar-refractivity contribution in [2.24, 2.45) is 4.40 Å². The summed E-state index contributed by atoms with van der Waals surface area (Å²) in [6.07, 6.45) is 1.24. The number of hydrogen-bond donors (Lipinski definition) is 0. The van der Waals surface area contributed by atoms with E-state index < -0.39 is 21.5 Å². The van der Waals surface area contributed by atoms with Crippen LogP contribution < -0.4 is 4.74 Å². The molecule has 0 N–H and O–H groups in total. The van der Waals surface area contributed by atoms with Crippen LogP contribution in [0.15, 0.2) is 46.9 Å². The zero-order valence-corrected chi connectivity index (χ0v) is 14.6. The maximum atomic E-state index is 14.6. The highest BCUT2D eigenvalue weighted by Crippen LogP contribution is 2.33. The third-order valence-electron chi connectivity index (χ3n) is 2.85. The molecule has 23 heavy (non-hydrogen) atoms. The van der Waals surface area contributed by atoms with E-state index in [9.17, 15) is 8.60 Å². The van der Waals surface area contributed by atoms with Crippen LogP contribution in [0.25, 0.3) is 0 Å². The summed E-state index contributed by atoms with van der Waals surface area (Å²) in [7, 11) is -1.47. The molecule has 0 amide bonds. The number of hydrogen-bond acceptors (Lipinski definition) is 2. The van der Waals surface area contributed by atoms with E-state index in [-0.39, 0.29) is 16.3 Å². The number of para-hydroxylation sites is 1. The maximum absolute atomic E-state index is 14.6. The molecular weight excluding hydrogens is 337 g/mol. The van der Waals surface area contributed by atoms with Crippen LogP contribution in [0, 0.1) is 5.82 Å². The van der Waals surface area contributed by atoms with Gasteiger partial charge in [-0.15, -0.1) is 0 Å². The van der Waals surface area contributed by atoms with Crippen LogP contribution in [0.5, 0.6) is 11.5 Å². The molecule has 0 fully saturated rings. The average Bonchev–Trinajstić information content (AvgIpc) is 2.50. The van der Waals surface area contributed by atoms with Gasteiger partial charge in [-0.25, -0.2) is 8.60 Å². The summed E-state index contributed by atoms with van der Waals surface area (Å²) in [6.45, 7) is 5.38. The highest BCUT2D eigenvalue weighted by atomic mass is 35.5. The second kappa shape index (κ2) is 7.23. The van der Waals surface area contributed by atoms with Crippen LogP contribution in [0.4, 0.5) is 4.39 Å². The van der Waals surface area contributed by atoms with Crippen LogP contribution in [-0.4, -0.2) is 15.2 Å². The standard InChI is InChI=1S/C17H17ClFNO2S/c1-17(2,3)23(21)20-11-12-9-10-14(18)16(15(12)19)22-13-7-5-4-6-8-13/h4-11H,1-3H3/t23-/m1/s1. The molecule has 3 nitrogen and oxygen atoms in total. The second-order valence-electron chi connectivity index (χ2n) is 5.79. The first-order valence-corrected chi connectivity index (χ1v) is 8.44. The second-order valence-corrected chi connectivity index (χ2v) is 8.13. The van der Waals surface area contributed by atoms with Crippen LogP contribution in [0.1, 0.15) is 26.3 Å². The van der Waals surface area contributed by atoms with E-state index in [1.165, 1.54) is 18.3 Å². The molecule has 0 aliphatic rings. The maximum Gasteiger partial charge on any atom is 0.182 e. The van der Waals surface area contributed by atoms with Gasteiger partial charge in [0.15, 0.2) is 11.6 Å². The van der Waals surface area contributed by atoms with E-state index in [0.717, 1.165) is 0 Å². The number of nitrogens with zero attached hydrogens (tertiary/aromatic N) is 1. The van der Waals surface area contributed by atoms with Gasteiger partial charge in [0.1, 0.15) is 16.7 Å². The average molecular weight is 354 g/mol. The van der Waals surface area contributed by atoms with Gasteiger partial charge in [0.2, 0.25) is 0 Å². The Morgan fingerprint density at radius 2 is 1.83 bits per heavy atom. The monoisotopic (exact) mass is 353 g/mol. The Morgan fingerprint density at radius 3 is 2.43 bits per heavy atom. The van der Waals surface area contributed by atoms with Gasteiger partial charge < -0.3 is 4.74 Å².